The molecule has 12 heavy (non-hydrogen) atoms. The smallest absolute Gasteiger partial charge is 1.00 e. The van der Waals surface area contributed by atoms with Crippen molar-refractivity contribution < 1.29 is 41.0 Å². The molecule has 0 aliphatic rings. The molecular weight excluding hydrogens is 169 g/mol. The van der Waals surface area contributed by atoms with Gasteiger partial charge in [-0.15, -0.1) is 0 Å². The van der Waals surface area contributed by atoms with Gasteiger partial charge >= 0.3 is 29.6 Å². The van der Waals surface area contributed by atoms with Crippen LogP contribution in [0.2, 0.25) is 0 Å². The van der Waals surface area contributed by atoms with Gasteiger partial charge in [-0.3, -0.25) is 10.1 Å². The third kappa shape index (κ3) is 2.48. The zero-order valence-electron chi connectivity index (χ0n) is 7.94. The number of nitro benzene ring substituents is 1. The molecule has 5 heteroatoms. The number of aryl methyl sites for hydroxylation is 1. The second-order valence-electron chi connectivity index (χ2n) is 2.23. The van der Waals surface area contributed by atoms with Crippen molar-refractivity contribution in [1.82, 2.24) is 0 Å². The monoisotopic (exact) mass is 177 g/mol. The predicted molar refractivity (Wildman–Crippen MR) is 40.6 cm³/mol. The Balaban J connectivity index is 0. The summed E-state index contributed by atoms with van der Waals surface area (Å²) in [6, 6.07) is 3.94. The predicted octanol–water partition coefficient (Wildman–Crippen LogP) is -1.27. The molecular formula is C7H8NNaO3. The molecule has 1 N–H and O–H groups in total. The van der Waals surface area contributed by atoms with Crippen molar-refractivity contribution in [3.05, 3.63) is 33.9 Å². The molecule has 4 nitrogen and oxygen atoms in total. The average Bonchev–Trinajstić information content (AvgIpc) is 1.85. The molecule has 1 aromatic carbocycles. The third-order valence-corrected chi connectivity index (χ3v) is 1.38. The molecule has 0 unspecified atom stereocenters. The molecule has 0 saturated carbocycles. The van der Waals surface area contributed by atoms with E-state index in [-0.39, 0.29) is 42.4 Å². The summed E-state index contributed by atoms with van der Waals surface area (Å²) in [5.74, 6) is 0.0492. The number of phenols is 1. The Morgan fingerprint density at radius 3 is 2.58 bits per heavy atom. The Morgan fingerprint density at radius 1 is 1.58 bits per heavy atom. The minimum atomic E-state index is -0.477. The number of benzene rings is 1. The van der Waals surface area contributed by atoms with E-state index in [1.54, 1.807) is 6.92 Å². The number of aromatic hydroxyl groups is 1. The van der Waals surface area contributed by atoms with Crippen molar-refractivity contribution in [2.75, 3.05) is 0 Å². The first-order valence-corrected chi connectivity index (χ1v) is 3.05. The molecule has 0 amide bonds. The van der Waals surface area contributed by atoms with Gasteiger partial charge < -0.3 is 6.53 Å². The second-order valence-corrected chi connectivity index (χ2v) is 2.23. The van der Waals surface area contributed by atoms with E-state index < -0.39 is 4.92 Å². The van der Waals surface area contributed by atoms with Crippen LogP contribution in [0, 0.1) is 17.0 Å². The Bertz CT molecular complexity index is 306. The minimum absolute atomic E-state index is 0. The molecule has 0 spiro atoms. The summed E-state index contributed by atoms with van der Waals surface area (Å²) in [4.78, 5) is 9.78. The molecule has 0 fully saturated rings. The molecule has 0 heterocycles. The van der Waals surface area contributed by atoms with E-state index in [0.717, 1.165) is 0 Å². The fraction of sp³-hybridized carbons (Fsp3) is 0.143. The SMILES string of the molecule is Cc1cc(O)ccc1[N+](=O)[O-].[H-].[Na+]. The largest absolute Gasteiger partial charge is 1.00 e. The van der Waals surface area contributed by atoms with Gasteiger partial charge in [0.2, 0.25) is 0 Å². The maximum atomic E-state index is 10.3. The van der Waals surface area contributed by atoms with Crippen LogP contribution in [-0.4, -0.2) is 10.0 Å². The van der Waals surface area contributed by atoms with E-state index in [0.29, 0.717) is 5.56 Å². The first-order chi connectivity index (χ1) is 5.11. The number of rotatable bonds is 1. The first-order valence-electron chi connectivity index (χ1n) is 3.05. The van der Waals surface area contributed by atoms with E-state index in [2.05, 4.69) is 0 Å². The van der Waals surface area contributed by atoms with Crippen molar-refractivity contribution in [1.29, 1.82) is 0 Å². The van der Waals surface area contributed by atoms with Gasteiger partial charge in [-0.2, -0.15) is 0 Å². The van der Waals surface area contributed by atoms with Crippen molar-refractivity contribution in [2.24, 2.45) is 0 Å². The van der Waals surface area contributed by atoms with E-state index in [1.807, 2.05) is 0 Å². The van der Waals surface area contributed by atoms with Gasteiger partial charge in [-0.25, -0.2) is 0 Å². The molecule has 0 bridgehead atoms. The van der Waals surface area contributed by atoms with Crippen LogP contribution in [0.15, 0.2) is 18.2 Å². The summed E-state index contributed by atoms with van der Waals surface area (Å²) in [5, 5.41) is 19.2. The van der Waals surface area contributed by atoms with E-state index in [1.165, 1.54) is 18.2 Å². The number of hydrogen-bond donors (Lipinski definition) is 1. The minimum Gasteiger partial charge on any atom is -1.00 e. The van der Waals surface area contributed by atoms with Gasteiger partial charge in [0.15, 0.2) is 0 Å². The molecule has 0 aliphatic carbocycles. The quantitative estimate of drug-likeness (QED) is 0.330. The van der Waals surface area contributed by atoms with Crippen LogP contribution in [0.1, 0.15) is 6.99 Å². The summed E-state index contributed by atoms with van der Waals surface area (Å²) >= 11 is 0. The number of nitrogens with zero attached hydrogens (tertiary/aromatic N) is 1. The van der Waals surface area contributed by atoms with Gasteiger partial charge in [-0.1, -0.05) is 0 Å². The van der Waals surface area contributed by atoms with Gasteiger partial charge in [-0.05, 0) is 19.1 Å². The molecule has 1 rings (SSSR count). The van der Waals surface area contributed by atoms with Gasteiger partial charge in [0, 0.05) is 11.6 Å². The molecule has 1 aromatic rings. The zero-order valence-corrected chi connectivity index (χ0v) is 8.94. The maximum Gasteiger partial charge on any atom is 1.00 e. The Kier molecular flexibility index (Phi) is 4.23. The molecule has 0 radical (unpaired) electrons. The Hall–Kier alpha value is -0.580. The molecule has 0 saturated heterocycles. The molecule has 60 valence electrons. The summed E-state index contributed by atoms with van der Waals surface area (Å²) < 4.78 is 0. The van der Waals surface area contributed by atoms with Crippen molar-refractivity contribution in [3.8, 4) is 5.75 Å². The van der Waals surface area contributed by atoms with Gasteiger partial charge in [0.05, 0.1) is 4.92 Å². The molecule has 0 atom stereocenters. The average molecular weight is 177 g/mol. The van der Waals surface area contributed by atoms with Crippen LogP contribution < -0.4 is 29.6 Å². The van der Waals surface area contributed by atoms with Crippen molar-refractivity contribution >= 4 is 5.69 Å². The van der Waals surface area contributed by atoms with Crippen LogP contribution in [-0.2, 0) is 0 Å². The van der Waals surface area contributed by atoms with Crippen LogP contribution in [0.4, 0.5) is 5.69 Å². The van der Waals surface area contributed by atoms with Crippen LogP contribution in [0.5, 0.6) is 5.75 Å². The van der Waals surface area contributed by atoms with Gasteiger partial charge in [0.25, 0.3) is 5.69 Å². The summed E-state index contributed by atoms with van der Waals surface area (Å²) in [6.07, 6.45) is 0. The number of nitro groups is 1. The van der Waals surface area contributed by atoms with E-state index in [4.69, 9.17) is 5.11 Å². The summed E-state index contributed by atoms with van der Waals surface area (Å²) in [6.45, 7) is 1.58. The summed E-state index contributed by atoms with van der Waals surface area (Å²) in [5.41, 5.74) is 0.498. The van der Waals surface area contributed by atoms with Crippen LogP contribution >= 0.6 is 0 Å². The maximum absolute atomic E-state index is 10.3. The fourth-order valence-corrected chi connectivity index (χ4v) is 0.844. The Labute approximate surface area is 93.1 Å². The normalized spacial score (nSPS) is 8.75. The summed E-state index contributed by atoms with van der Waals surface area (Å²) in [7, 11) is 0. The van der Waals surface area contributed by atoms with Crippen LogP contribution in [0.3, 0.4) is 0 Å². The van der Waals surface area contributed by atoms with Crippen LogP contribution in [0.25, 0.3) is 0 Å². The third-order valence-electron chi connectivity index (χ3n) is 1.38. The Morgan fingerprint density at radius 2 is 2.17 bits per heavy atom. The zero-order chi connectivity index (χ0) is 8.43. The van der Waals surface area contributed by atoms with E-state index >= 15 is 0 Å². The fourth-order valence-electron chi connectivity index (χ4n) is 0.844. The number of hydrogen-bond acceptors (Lipinski definition) is 3. The molecule has 0 aromatic heterocycles. The van der Waals surface area contributed by atoms with Crippen molar-refractivity contribution in [3.63, 3.8) is 0 Å². The second kappa shape index (κ2) is 4.45. The molecule has 0 aliphatic heterocycles. The number of phenolic OH excluding ortho intramolecular Hbond substituents is 1. The topological polar surface area (TPSA) is 63.4 Å². The first kappa shape index (κ1) is 11.4. The van der Waals surface area contributed by atoms with Gasteiger partial charge in [0.1, 0.15) is 5.75 Å². The van der Waals surface area contributed by atoms with Crippen molar-refractivity contribution in [2.45, 2.75) is 6.92 Å². The van der Waals surface area contributed by atoms with E-state index in [9.17, 15) is 10.1 Å². The standard InChI is InChI=1S/C7H7NO3.Na.H/c1-5-4-6(9)2-3-7(5)8(10)11;;/h2-4,9H,1H3;;/q;+1;-1.